The lowest BCUT2D eigenvalue weighted by Crippen LogP contribution is -2.32. The van der Waals surface area contributed by atoms with Crippen molar-refractivity contribution in [2.75, 3.05) is 19.0 Å². The summed E-state index contributed by atoms with van der Waals surface area (Å²) in [7, 11) is 1.55. The molecule has 0 radical (unpaired) electrons. The van der Waals surface area contributed by atoms with Crippen molar-refractivity contribution in [3.05, 3.63) is 59.1 Å². The Morgan fingerprint density at radius 3 is 2.29 bits per heavy atom. The molecule has 2 aromatic carbocycles. The van der Waals surface area contributed by atoms with E-state index >= 15 is 0 Å². The average molecular weight is 405 g/mol. The van der Waals surface area contributed by atoms with E-state index in [2.05, 4.69) is 10.6 Å². The van der Waals surface area contributed by atoms with Crippen LogP contribution in [0.15, 0.2) is 48.5 Å². The van der Waals surface area contributed by atoms with Crippen molar-refractivity contribution in [1.82, 2.24) is 5.32 Å². The Kier molecular flexibility index (Phi) is 7.83. The van der Waals surface area contributed by atoms with Gasteiger partial charge in [-0.2, -0.15) is 0 Å². The molecule has 0 saturated carbocycles. The number of carbonyl (C=O) groups is 3. The normalized spacial score (nSPS) is 11.2. The van der Waals surface area contributed by atoms with Gasteiger partial charge in [-0.05, 0) is 55.5 Å². The quantitative estimate of drug-likeness (QED) is 0.659. The second-order valence-electron chi connectivity index (χ2n) is 5.86. The van der Waals surface area contributed by atoms with Gasteiger partial charge in [0.25, 0.3) is 11.8 Å². The molecule has 0 unspecified atom stereocenters. The predicted octanol–water partition coefficient (Wildman–Crippen LogP) is 3.04. The average Bonchev–Trinajstić information content (AvgIpc) is 2.68. The minimum absolute atomic E-state index is 0.0561. The van der Waals surface area contributed by atoms with Gasteiger partial charge < -0.3 is 20.1 Å². The monoisotopic (exact) mass is 404 g/mol. The topological polar surface area (TPSA) is 93.7 Å². The summed E-state index contributed by atoms with van der Waals surface area (Å²) in [4.78, 5) is 35.9. The molecule has 0 aromatic heterocycles. The molecule has 1 atom stereocenters. The Labute approximate surface area is 168 Å². The van der Waals surface area contributed by atoms with E-state index in [1.54, 1.807) is 55.6 Å². The molecule has 0 fully saturated rings. The lowest BCUT2D eigenvalue weighted by molar-refractivity contribution is -0.153. The van der Waals surface area contributed by atoms with Crippen LogP contribution in [0.3, 0.4) is 0 Å². The third-order valence-corrected chi connectivity index (χ3v) is 4.01. The number of esters is 1. The summed E-state index contributed by atoms with van der Waals surface area (Å²) in [5.41, 5.74) is 0.994. The molecule has 0 bridgehead atoms. The molecule has 2 amide bonds. The third kappa shape index (κ3) is 6.59. The maximum Gasteiger partial charge on any atom is 0.308 e. The number of nitrogens with one attached hydrogen (secondary N) is 2. The van der Waals surface area contributed by atoms with E-state index in [1.807, 2.05) is 0 Å². The number of rotatable bonds is 8. The fraction of sp³-hybridized carbons (Fsp3) is 0.250. The van der Waals surface area contributed by atoms with Crippen molar-refractivity contribution in [2.45, 2.75) is 19.4 Å². The summed E-state index contributed by atoms with van der Waals surface area (Å²) >= 11 is 5.77. The highest BCUT2D eigenvalue weighted by Crippen LogP contribution is 2.15. The third-order valence-electron chi connectivity index (χ3n) is 3.76. The second-order valence-corrected chi connectivity index (χ2v) is 6.30. The molecule has 8 heteroatoms. The first-order chi connectivity index (χ1) is 13.4. The fourth-order valence-corrected chi connectivity index (χ4v) is 2.34. The van der Waals surface area contributed by atoms with Crippen LogP contribution < -0.4 is 15.4 Å². The van der Waals surface area contributed by atoms with Gasteiger partial charge in [0.2, 0.25) is 0 Å². The van der Waals surface area contributed by atoms with Crippen LogP contribution >= 0.6 is 11.6 Å². The Morgan fingerprint density at radius 2 is 1.68 bits per heavy atom. The van der Waals surface area contributed by atoms with E-state index < -0.39 is 18.0 Å². The lowest BCUT2D eigenvalue weighted by Gasteiger charge is -2.14. The van der Waals surface area contributed by atoms with Crippen molar-refractivity contribution in [2.24, 2.45) is 0 Å². The van der Waals surface area contributed by atoms with Crippen molar-refractivity contribution >= 4 is 35.1 Å². The van der Waals surface area contributed by atoms with Gasteiger partial charge in [-0.25, -0.2) is 0 Å². The van der Waals surface area contributed by atoms with Crippen molar-refractivity contribution in [3.8, 4) is 5.75 Å². The maximum absolute atomic E-state index is 12.1. The number of hydrogen-bond donors (Lipinski definition) is 2. The first-order valence-electron chi connectivity index (χ1n) is 8.57. The largest absolute Gasteiger partial charge is 0.497 e. The van der Waals surface area contributed by atoms with Crippen LogP contribution in [0, 0.1) is 0 Å². The number of halogens is 1. The molecule has 7 nitrogen and oxygen atoms in total. The molecule has 0 saturated heterocycles. The Balaban J connectivity index is 1.72. The van der Waals surface area contributed by atoms with Crippen molar-refractivity contribution < 1.29 is 23.9 Å². The number of hydrogen-bond acceptors (Lipinski definition) is 5. The van der Waals surface area contributed by atoms with E-state index in [0.29, 0.717) is 22.0 Å². The highest BCUT2D eigenvalue weighted by atomic mass is 35.5. The highest BCUT2D eigenvalue weighted by molar-refractivity contribution is 6.30. The molecular formula is C20H21ClN2O5. The molecule has 0 heterocycles. The lowest BCUT2D eigenvalue weighted by atomic mass is 10.2. The minimum atomic E-state index is -0.971. The van der Waals surface area contributed by atoms with Crippen LogP contribution in [-0.2, 0) is 14.3 Å². The van der Waals surface area contributed by atoms with E-state index in [9.17, 15) is 14.4 Å². The molecule has 0 aliphatic carbocycles. The molecule has 0 spiro atoms. The summed E-state index contributed by atoms with van der Waals surface area (Å²) in [6.45, 7) is 1.57. The first kappa shape index (κ1) is 21.2. The van der Waals surface area contributed by atoms with E-state index in [-0.39, 0.29) is 18.9 Å². The van der Waals surface area contributed by atoms with Crippen LogP contribution in [0.1, 0.15) is 23.7 Å². The molecular weight excluding hydrogens is 384 g/mol. The second kappa shape index (κ2) is 10.3. The zero-order chi connectivity index (χ0) is 20.5. The Bertz CT molecular complexity index is 821. The van der Waals surface area contributed by atoms with Gasteiger partial charge in [0.15, 0.2) is 6.10 Å². The summed E-state index contributed by atoms with van der Waals surface area (Å²) in [5, 5.41) is 5.78. The SMILES string of the molecule is COc1ccc(NC(=O)[C@@H](C)OC(=O)CCNC(=O)c2ccc(Cl)cc2)cc1. The van der Waals surface area contributed by atoms with Crippen LogP contribution in [0.2, 0.25) is 5.02 Å². The van der Waals surface area contributed by atoms with Gasteiger partial charge in [0.1, 0.15) is 5.75 Å². The molecule has 2 N–H and O–H groups in total. The van der Waals surface area contributed by atoms with Gasteiger partial charge in [-0.1, -0.05) is 11.6 Å². The zero-order valence-corrected chi connectivity index (χ0v) is 16.3. The zero-order valence-electron chi connectivity index (χ0n) is 15.5. The smallest absolute Gasteiger partial charge is 0.308 e. The van der Waals surface area contributed by atoms with Gasteiger partial charge in [0, 0.05) is 22.8 Å². The van der Waals surface area contributed by atoms with Crippen molar-refractivity contribution in [1.29, 1.82) is 0 Å². The molecule has 0 aliphatic rings. The van der Waals surface area contributed by atoms with Crippen LogP contribution in [-0.4, -0.2) is 37.5 Å². The summed E-state index contributed by atoms with van der Waals surface area (Å²) in [6, 6.07) is 13.1. The number of ether oxygens (including phenoxy) is 2. The standard InChI is InChI=1S/C20H21ClN2O5/c1-13(19(25)23-16-7-9-17(27-2)10-8-16)28-18(24)11-12-22-20(26)14-3-5-15(21)6-4-14/h3-10,13H,11-12H2,1-2H3,(H,22,26)(H,23,25)/t13-/m1/s1. The maximum atomic E-state index is 12.1. The minimum Gasteiger partial charge on any atom is -0.497 e. The van der Waals surface area contributed by atoms with Gasteiger partial charge in [-0.15, -0.1) is 0 Å². The van der Waals surface area contributed by atoms with Gasteiger partial charge >= 0.3 is 5.97 Å². The molecule has 28 heavy (non-hydrogen) atoms. The Hall–Kier alpha value is -3.06. The number of methoxy groups -OCH3 is 1. The molecule has 0 aliphatic heterocycles. The van der Waals surface area contributed by atoms with E-state index in [1.165, 1.54) is 6.92 Å². The predicted molar refractivity (Wildman–Crippen MR) is 106 cm³/mol. The first-order valence-corrected chi connectivity index (χ1v) is 8.95. The van der Waals surface area contributed by atoms with Crippen LogP contribution in [0.4, 0.5) is 5.69 Å². The summed E-state index contributed by atoms with van der Waals surface area (Å²) < 4.78 is 10.1. The molecule has 2 rings (SSSR count). The molecule has 2 aromatic rings. The highest BCUT2D eigenvalue weighted by Gasteiger charge is 2.18. The van der Waals surface area contributed by atoms with Crippen LogP contribution in [0.25, 0.3) is 0 Å². The Morgan fingerprint density at radius 1 is 1.04 bits per heavy atom. The summed E-state index contributed by atoms with van der Waals surface area (Å²) in [6.07, 6.45) is -1.03. The number of amides is 2. The van der Waals surface area contributed by atoms with Gasteiger partial charge in [-0.3, -0.25) is 14.4 Å². The van der Waals surface area contributed by atoms with Crippen molar-refractivity contribution in [3.63, 3.8) is 0 Å². The fourth-order valence-electron chi connectivity index (χ4n) is 2.21. The van der Waals surface area contributed by atoms with E-state index in [0.717, 1.165) is 0 Å². The number of carbonyl (C=O) groups excluding carboxylic acids is 3. The van der Waals surface area contributed by atoms with E-state index in [4.69, 9.17) is 21.1 Å². The number of benzene rings is 2. The summed E-state index contributed by atoms with van der Waals surface area (Å²) in [5.74, 6) is -0.703. The molecule has 148 valence electrons. The van der Waals surface area contributed by atoms with Crippen LogP contribution in [0.5, 0.6) is 5.75 Å². The van der Waals surface area contributed by atoms with Gasteiger partial charge in [0.05, 0.1) is 13.5 Å². The number of anilines is 1.